The number of rotatable bonds is 4. The summed E-state index contributed by atoms with van der Waals surface area (Å²) in [6.07, 6.45) is 2.82. The van der Waals surface area contributed by atoms with Crippen molar-refractivity contribution in [3.63, 3.8) is 0 Å². The van der Waals surface area contributed by atoms with E-state index in [9.17, 15) is 4.79 Å². The fourth-order valence-electron chi connectivity index (χ4n) is 1.55. The number of aliphatic imine (C=N–C) groups is 1. The molecule has 0 atom stereocenters. The number of methoxy groups -OCH3 is 2. The summed E-state index contributed by atoms with van der Waals surface area (Å²) in [7, 11) is 3.07. The smallest absolute Gasteiger partial charge is 0.275 e. The van der Waals surface area contributed by atoms with E-state index in [0.717, 1.165) is 0 Å². The molecule has 0 aromatic heterocycles. The van der Waals surface area contributed by atoms with Crippen molar-refractivity contribution in [2.24, 2.45) is 10.1 Å². The van der Waals surface area contributed by atoms with Gasteiger partial charge < -0.3 is 14.8 Å². The van der Waals surface area contributed by atoms with Crippen molar-refractivity contribution < 1.29 is 14.3 Å². The number of hydrazone groups is 1. The number of amides is 1. The number of anilines is 1. The highest BCUT2D eigenvalue weighted by atomic mass is 79.9. The average Bonchev–Trinajstić information content (AvgIpc) is 2.72. The van der Waals surface area contributed by atoms with E-state index in [1.807, 2.05) is 0 Å². The molecule has 2 N–H and O–H groups in total. The van der Waals surface area contributed by atoms with Crippen molar-refractivity contribution in [1.82, 2.24) is 5.43 Å². The van der Waals surface area contributed by atoms with Gasteiger partial charge in [0.1, 0.15) is 21.8 Å². The van der Waals surface area contributed by atoms with Crippen LogP contribution >= 0.6 is 15.9 Å². The van der Waals surface area contributed by atoms with Gasteiger partial charge in [-0.15, -0.1) is 0 Å². The molecule has 0 unspecified atom stereocenters. The topological polar surface area (TPSA) is 84.3 Å². The Balaban J connectivity index is 2.21. The summed E-state index contributed by atoms with van der Waals surface area (Å²) in [5.41, 5.74) is 3.29. The SMILES string of the molecule is COc1ccc(OC)c(NC(=O)C2=CN=C(Br)C=NN2)c1. The van der Waals surface area contributed by atoms with Gasteiger partial charge in [-0.25, -0.2) is 4.99 Å². The van der Waals surface area contributed by atoms with Crippen LogP contribution in [-0.4, -0.2) is 31.0 Å². The Morgan fingerprint density at radius 1 is 1.33 bits per heavy atom. The van der Waals surface area contributed by atoms with Crippen LogP contribution in [0, 0.1) is 0 Å². The summed E-state index contributed by atoms with van der Waals surface area (Å²) in [5.74, 6) is 0.726. The highest BCUT2D eigenvalue weighted by molar-refractivity contribution is 9.19. The van der Waals surface area contributed by atoms with E-state index in [1.165, 1.54) is 19.5 Å². The van der Waals surface area contributed by atoms with Crippen molar-refractivity contribution >= 4 is 38.4 Å². The molecule has 0 fully saturated rings. The molecule has 1 aromatic carbocycles. The molecule has 0 aliphatic carbocycles. The predicted octanol–water partition coefficient (Wildman–Crippen LogP) is 1.87. The number of carbonyl (C=O) groups is 1. The van der Waals surface area contributed by atoms with Gasteiger partial charge in [0.25, 0.3) is 5.91 Å². The number of benzene rings is 1. The number of ether oxygens (including phenoxy) is 2. The van der Waals surface area contributed by atoms with Crippen LogP contribution in [0.15, 0.2) is 40.2 Å². The summed E-state index contributed by atoms with van der Waals surface area (Å²) >= 11 is 3.17. The minimum Gasteiger partial charge on any atom is -0.497 e. The Kier molecular flexibility index (Phi) is 4.94. The van der Waals surface area contributed by atoms with Gasteiger partial charge in [-0.2, -0.15) is 5.10 Å². The van der Waals surface area contributed by atoms with Gasteiger partial charge in [-0.05, 0) is 28.1 Å². The Morgan fingerprint density at radius 3 is 2.86 bits per heavy atom. The standard InChI is InChI=1S/C13H13BrN4O3/c1-20-8-3-4-11(21-2)9(5-8)17-13(19)10-6-15-12(14)7-16-18-10/h3-7,18H,1-2H3,(H,17,19). The van der Waals surface area contributed by atoms with Crippen LogP contribution in [0.4, 0.5) is 5.69 Å². The zero-order valence-corrected chi connectivity index (χ0v) is 13.0. The molecule has 1 amide bonds. The van der Waals surface area contributed by atoms with Crippen LogP contribution in [-0.2, 0) is 4.79 Å². The fraction of sp³-hybridized carbons (Fsp3) is 0.154. The van der Waals surface area contributed by atoms with Crippen LogP contribution in [0.3, 0.4) is 0 Å². The number of halogens is 1. The molecule has 110 valence electrons. The van der Waals surface area contributed by atoms with Gasteiger partial charge >= 0.3 is 0 Å². The van der Waals surface area contributed by atoms with Crippen molar-refractivity contribution in [1.29, 1.82) is 0 Å². The molecule has 1 heterocycles. The van der Waals surface area contributed by atoms with E-state index in [1.54, 1.807) is 25.3 Å². The third-order valence-corrected chi connectivity index (χ3v) is 2.98. The minimum atomic E-state index is -0.398. The maximum atomic E-state index is 12.2. The first-order valence-electron chi connectivity index (χ1n) is 5.90. The molecule has 21 heavy (non-hydrogen) atoms. The second-order valence-corrected chi connectivity index (χ2v) is 4.70. The normalized spacial score (nSPS) is 13.5. The fourth-order valence-corrected chi connectivity index (χ4v) is 1.76. The van der Waals surface area contributed by atoms with E-state index >= 15 is 0 Å². The molecule has 0 spiro atoms. The van der Waals surface area contributed by atoms with Crippen molar-refractivity contribution in [2.75, 3.05) is 19.5 Å². The van der Waals surface area contributed by atoms with Crippen LogP contribution in [0.25, 0.3) is 0 Å². The molecular weight excluding hydrogens is 340 g/mol. The van der Waals surface area contributed by atoms with E-state index in [0.29, 0.717) is 21.8 Å². The van der Waals surface area contributed by atoms with Gasteiger partial charge in [0.15, 0.2) is 0 Å². The number of nitrogens with one attached hydrogen (secondary N) is 2. The van der Waals surface area contributed by atoms with Gasteiger partial charge in [0, 0.05) is 6.07 Å². The van der Waals surface area contributed by atoms with E-state index < -0.39 is 5.91 Å². The molecule has 1 aromatic rings. The Bertz CT molecular complexity index is 640. The predicted molar refractivity (Wildman–Crippen MR) is 84.2 cm³/mol. The Morgan fingerprint density at radius 2 is 2.14 bits per heavy atom. The van der Waals surface area contributed by atoms with Crippen LogP contribution in [0.1, 0.15) is 0 Å². The molecule has 0 saturated heterocycles. The second kappa shape index (κ2) is 6.89. The van der Waals surface area contributed by atoms with Gasteiger partial charge in [0.2, 0.25) is 0 Å². The highest BCUT2D eigenvalue weighted by Gasteiger charge is 2.14. The Labute approximate surface area is 129 Å². The summed E-state index contributed by atoms with van der Waals surface area (Å²) in [5, 5.41) is 6.55. The van der Waals surface area contributed by atoms with E-state index in [2.05, 4.69) is 36.8 Å². The first kappa shape index (κ1) is 15.0. The quantitative estimate of drug-likeness (QED) is 0.866. The monoisotopic (exact) mass is 352 g/mol. The number of hydrogen-bond donors (Lipinski definition) is 2. The lowest BCUT2D eigenvalue weighted by molar-refractivity contribution is -0.113. The lowest BCUT2D eigenvalue weighted by Crippen LogP contribution is -2.22. The third kappa shape index (κ3) is 3.82. The molecule has 0 radical (unpaired) electrons. The lowest BCUT2D eigenvalue weighted by atomic mass is 10.2. The molecule has 8 heteroatoms. The maximum Gasteiger partial charge on any atom is 0.275 e. The first-order valence-corrected chi connectivity index (χ1v) is 6.69. The van der Waals surface area contributed by atoms with E-state index in [4.69, 9.17) is 9.47 Å². The summed E-state index contributed by atoms with van der Waals surface area (Å²) in [6, 6.07) is 5.11. The summed E-state index contributed by atoms with van der Waals surface area (Å²) in [4.78, 5) is 16.2. The molecule has 0 bridgehead atoms. The van der Waals surface area contributed by atoms with Crippen molar-refractivity contribution in [2.45, 2.75) is 0 Å². The van der Waals surface area contributed by atoms with Crippen LogP contribution in [0.5, 0.6) is 11.5 Å². The molecule has 7 nitrogen and oxygen atoms in total. The molecule has 0 saturated carbocycles. The van der Waals surface area contributed by atoms with E-state index in [-0.39, 0.29) is 5.70 Å². The molecule has 1 aliphatic rings. The minimum absolute atomic E-state index is 0.200. The summed E-state index contributed by atoms with van der Waals surface area (Å²) < 4.78 is 10.8. The van der Waals surface area contributed by atoms with Crippen LogP contribution < -0.4 is 20.2 Å². The van der Waals surface area contributed by atoms with Crippen molar-refractivity contribution in [3.05, 3.63) is 30.1 Å². The number of carbonyl (C=O) groups excluding carboxylic acids is 1. The highest BCUT2D eigenvalue weighted by Crippen LogP contribution is 2.29. The largest absolute Gasteiger partial charge is 0.497 e. The molecule has 1 aliphatic heterocycles. The molecule has 2 rings (SSSR count). The molecular formula is C13H13BrN4O3. The van der Waals surface area contributed by atoms with Gasteiger partial charge in [0.05, 0.1) is 32.3 Å². The number of hydrogen-bond acceptors (Lipinski definition) is 6. The first-order chi connectivity index (χ1) is 10.1. The van der Waals surface area contributed by atoms with Crippen molar-refractivity contribution in [3.8, 4) is 11.5 Å². The Hall–Kier alpha value is -2.35. The second-order valence-electron chi connectivity index (χ2n) is 3.88. The van der Waals surface area contributed by atoms with Crippen LogP contribution in [0.2, 0.25) is 0 Å². The zero-order chi connectivity index (χ0) is 15.2. The average molecular weight is 353 g/mol. The van der Waals surface area contributed by atoms with Gasteiger partial charge in [-0.3, -0.25) is 10.2 Å². The summed E-state index contributed by atoms with van der Waals surface area (Å²) in [6.45, 7) is 0. The zero-order valence-electron chi connectivity index (χ0n) is 11.4. The van der Waals surface area contributed by atoms with Gasteiger partial charge in [-0.1, -0.05) is 0 Å². The lowest BCUT2D eigenvalue weighted by Gasteiger charge is -2.12. The number of nitrogens with zero attached hydrogens (tertiary/aromatic N) is 2. The third-order valence-electron chi connectivity index (χ3n) is 2.57. The maximum absolute atomic E-state index is 12.2.